The fourth-order valence-corrected chi connectivity index (χ4v) is 3.05. The average Bonchev–Trinajstić information content (AvgIpc) is 2.75. The van der Waals surface area contributed by atoms with Crippen molar-refractivity contribution in [2.75, 3.05) is 18.4 Å². The summed E-state index contributed by atoms with van der Waals surface area (Å²) in [6, 6.07) is 0. The number of hydrogen-bond donors (Lipinski definition) is 2. The average molecular weight is 296 g/mol. The summed E-state index contributed by atoms with van der Waals surface area (Å²) < 4.78 is 0. The second-order valence-corrected chi connectivity index (χ2v) is 7.16. The number of nitrogens with zero attached hydrogens (tertiary/aromatic N) is 2. The van der Waals surface area contributed by atoms with Crippen molar-refractivity contribution in [1.29, 1.82) is 0 Å². The van der Waals surface area contributed by atoms with Crippen LogP contribution in [0.15, 0.2) is 5.38 Å². The summed E-state index contributed by atoms with van der Waals surface area (Å²) in [7, 11) is 0. The van der Waals surface area contributed by atoms with Gasteiger partial charge < -0.3 is 11.1 Å². The number of amides is 1. The van der Waals surface area contributed by atoms with Crippen LogP contribution in [0.4, 0.5) is 5.13 Å². The monoisotopic (exact) mass is 296 g/mol. The van der Waals surface area contributed by atoms with Crippen molar-refractivity contribution in [2.45, 2.75) is 45.7 Å². The van der Waals surface area contributed by atoms with Crippen molar-refractivity contribution in [3.63, 3.8) is 0 Å². The molecule has 0 radical (unpaired) electrons. The fourth-order valence-electron chi connectivity index (χ4n) is 2.35. The van der Waals surface area contributed by atoms with Gasteiger partial charge in [0, 0.05) is 18.5 Å². The molecule has 6 heteroatoms. The van der Waals surface area contributed by atoms with Crippen LogP contribution in [-0.4, -0.2) is 34.4 Å². The molecule has 1 aromatic heterocycles. The van der Waals surface area contributed by atoms with Crippen LogP contribution in [0.5, 0.6) is 0 Å². The van der Waals surface area contributed by atoms with Gasteiger partial charge in [0.1, 0.15) is 0 Å². The molecule has 3 N–H and O–H groups in total. The summed E-state index contributed by atoms with van der Waals surface area (Å²) in [5, 5.41) is 5.42. The molecule has 0 saturated carbocycles. The van der Waals surface area contributed by atoms with Gasteiger partial charge in [0.15, 0.2) is 5.13 Å². The largest absolute Gasteiger partial charge is 0.318 e. The molecule has 2 heterocycles. The van der Waals surface area contributed by atoms with E-state index in [0.717, 1.165) is 31.2 Å². The summed E-state index contributed by atoms with van der Waals surface area (Å²) in [4.78, 5) is 18.7. The molecule has 112 valence electrons. The molecule has 1 amide bonds. The maximum absolute atomic E-state index is 11.8. The summed E-state index contributed by atoms with van der Waals surface area (Å²) in [6.45, 7) is 8.80. The number of anilines is 1. The van der Waals surface area contributed by atoms with E-state index < -0.39 is 5.54 Å². The van der Waals surface area contributed by atoms with E-state index in [4.69, 9.17) is 5.73 Å². The second kappa shape index (κ2) is 6.20. The van der Waals surface area contributed by atoms with Gasteiger partial charge in [0.2, 0.25) is 5.91 Å². The first-order valence-corrected chi connectivity index (χ1v) is 7.99. The van der Waals surface area contributed by atoms with E-state index in [2.05, 4.69) is 22.1 Å². The van der Waals surface area contributed by atoms with E-state index in [0.29, 0.717) is 5.13 Å². The smallest absolute Gasteiger partial charge is 0.245 e. The van der Waals surface area contributed by atoms with Crippen molar-refractivity contribution in [3.8, 4) is 0 Å². The van der Waals surface area contributed by atoms with E-state index in [9.17, 15) is 4.79 Å². The van der Waals surface area contributed by atoms with Crippen molar-refractivity contribution in [1.82, 2.24) is 9.88 Å². The molecule has 1 saturated heterocycles. The van der Waals surface area contributed by atoms with Gasteiger partial charge in [-0.15, -0.1) is 11.3 Å². The van der Waals surface area contributed by atoms with Gasteiger partial charge in [-0.25, -0.2) is 4.98 Å². The molecule has 2 rings (SSSR count). The molecule has 0 spiro atoms. The van der Waals surface area contributed by atoms with Crippen molar-refractivity contribution in [2.24, 2.45) is 11.7 Å². The van der Waals surface area contributed by atoms with E-state index in [-0.39, 0.29) is 5.91 Å². The highest BCUT2D eigenvalue weighted by Gasteiger charge is 2.23. The number of carbonyl (C=O) groups is 1. The number of carbonyl (C=O) groups excluding carboxylic acids is 1. The zero-order chi connectivity index (χ0) is 14.8. The minimum Gasteiger partial charge on any atom is -0.318 e. The first-order chi connectivity index (χ1) is 9.34. The molecule has 1 fully saturated rings. The first-order valence-electron chi connectivity index (χ1n) is 7.11. The Morgan fingerprint density at radius 2 is 2.40 bits per heavy atom. The Morgan fingerprint density at radius 3 is 3.05 bits per heavy atom. The maximum atomic E-state index is 11.8. The highest BCUT2D eigenvalue weighted by atomic mass is 32.1. The Morgan fingerprint density at radius 1 is 1.65 bits per heavy atom. The zero-order valence-electron chi connectivity index (χ0n) is 12.5. The highest BCUT2D eigenvalue weighted by molar-refractivity contribution is 7.13. The normalized spacial score (nSPS) is 20.9. The molecule has 5 nitrogen and oxygen atoms in total. The van der Waals surface area contributed by atoms with Crippen LogP contribution in [0, 0.1) is 5.92 Å². The molecular weight excluding hydrogens is 272 g/mol. The van der Waals surface area contributed by atoms with E-state index in [1.165, 1.54) is 24.2 Å². The lowest BCUT2D eigenvalue weighted by Gasteiger charge is -2.30. The highest BCUT2D eigenvalue weighted by Crippen LogP contribution is 2.21. The number of rotatable bonds is 4. The zero-order valence-corrected chi connectivity index (χ0v) is 13.3. The number of nitrogens with two attached hydrogens (primary N) is 1. The number of likely N-dealkylation sites (tertiary alicyclic amines) is 1. The standard InChI is InChI=1S/C14H24N4OS/c1-10-5-4-6-18(7-10)8-11-9-20-13(16-11)17-12(19)14(2,3)15/h9-10H,4-8,15H2,1-3H3,(H,16,17,19). The predicted octanol–water partition coefficient (Wildman–Crippen LogP) is 2.05. The van der Waals surface area contributed by atoms with Crippen LogP contribution in [0.3, 0.4) is 0 Å². The molecule has 20 heavy (non-hydrogen) atoms. The second-order valence-electron chi connectivity index (χ2n) is 6.30. The van der Waals surface area contributed by atoms with Gasteiger partial charge in [-0.05, 0) is 39.2 Å². The Balaban J connectivity index is 1.90. The van der Waals surface area contributed by atoms with Crippen molar-refractivity contribution >= 4 is 22.4 Å². The lowest BCUT2D eigenvalue weighted by molar-refractivity contribution is -0.120. The molecule has 0 aliphatic carbocycles. The molecule has 1 aromatic rings. The Bertz CT molecular complexity index is 466. The number of nitrogens with one attached hydrogen (secondary N) is 1. The third kappa shape index (κ3) is 4.26. The van der Waals surface area contributed by atoms with Crippen LogP contribution < -0.4 is 11.1 Å². The van der Waals surface area contributed by atoms with Gasteiger partial charge in [-0.3, -0.25) is 9.69 Å². The van der Waals surface area contributed by atoms with Crippen LogP contribution in [0.25, 0.3) is 0 Å². The van der Waals surface area contributed by atoms with Gasteiger partial charge in [-0.2, -0.15) is 0 Å². The molecular formula is C14H24N4OS. The van der Waals surface area contributed by atoms with Crippen LogP contribution >= 0.6 is 11.3 Å². The van der Waals surface area contributed by atoms with E-state index in [1.54, 1.807) is 13.8 Å². The quantitative estimate of drug-likeness (QED) is 0.892. The summed E-state index contributed by atoms with van der Waals surface area (Å²) in [6.07, 6.45) is 2.58. The summed E-state index contributed by atoms with van der Waals surface area (Å²) in [5.74, 6) is 0.560. The van der Waals surface area contributed by atoms with Crippen molar-refractivity contribution < 1.29 is 4.79 Å². The minimum atomic E-state index is -0.881. The van der Waals surface area contributed by atoms with Gasteiger partial charge in [-0.1, -0.05) is 6.92 Å². The van der Waals surface area contributed by atoms with Gasteiger partial charge in [0.05, 0.1) is 11.2 Å². The van der Waals surface area contributed by atoms with Crippen LogP contribution in [0.2, 0.25) is 0 Å². The van der Waals surface area contributed by atoms with Crippen LogP contribution in [0.1, 0.15) is 39.3 Å². The SMILES string of the molecule is CC1CCCN(Cc2csc(NC(=O)C(C)(C)N)n2)C1. The number of aromatic nitrogens is 1. The third-order valence-corrected chi connectivity index (χ3v) is 4.29. The Labute approximate surface area is 124 Å². The lowest BCUT2D eigenvalue weighted by Crippen LogP contribution is -2.45. The van der Waals surface area contributed by atoms with Crippen LogP contribution in [-0.2, 0) is 11.3 Å². The lowest BCUT2D eigenvalue weighted by atomic mass is 10.0. The fraction of sp³-hybridized carbons (Fsp3) is 0.714. The predicted molar refractivity (Wildman–Crippen MR) is 82.7 cm³/mol. The number of hydrogen-bond acceptors (Lipinski definition) is 5. The third-order valence-electron chi connectivity index (χ3n) is 3.48. The molecule has 1 aliphatic rings. The molecule has 0 bridgehead atoms. The van der Waals surface area contributed by atoms with E-state index >= 15 is 0 Å². The topological polar surface area (TPSA) is 71.2 Å². The van der Waals surface area contributed by atoms with Crippen molar-refractivity contribution in [3.05, 3.63) is 11.1 Å². The Kier molecular flexibility index (Phi) is 4.78. The minimum absolute atomic E-state index is 0.204. The van der Waals surface area contributed by atoms with Gasteiger partial charge >= 0.3 is 0 Å². The number of piperidine rings is 1. The van der Waals surface area contributed by atoms with E-state index in [1.807, 2.05) is 5.38 Å². The Hall–Kier alpha value is -0.980. The van der Waals surface area contributed by atoms with Gasteiger partial charge in [0.25, 0.3) is 0 Å². The number of thiazole rings is 1. The molecule has 1 aliphatic heterocycles. The maximum Gasteiger partial charge on any atom is 0.245 e. The first kappa shape index (κ1) is 15.4. The molecule has 0 aromatic carbocycles. The summed E-state index contributed by atoms with van der Waals surface area (Å²) in [5.41, 5.74) is 5.90. The molecule has 1 unspecified atom stereocenters. The molecule has 1 atom stereocenters. The summed E-state index contributed by atoms with van der Waals surface area (Å²) >= 11 is 1.46.